The first kappa shape index (κ1) is 20.9. The van der Waals surface area contributed by atoms with Crippen LogP contribution in [0.5, 0.6) is 0 Å². The zero-order valence-electron chi connectivity index (χ0n) is 19.1. The summed E-state index contributed by atoms with van der Waals surface area (Å²) < 4.78 is 0. The molecular weight excluding hydrogens is 394 g/mol. The van der Waals surface area contributed by atoms with Crippen molar-refractivity contribution in [3.05, 3.63) is 89.0 Å². The van der Waals surface area contributed by atoms with Gasteiger partial charge in [-0.15, -0.1) is 0 Å². The number of anilines is 1. The standard InChI is InChI=1S/C28H31N3O/c1-3-21-10-8-9-20(2)27(21)29-26(32)19-30-15-17-31(18-16-30)28-24-13-6-4-11-22(24)23-12-5-7-14-25(23)28/h4-14,28H,3,15-19H2,1-2H3,(H,29,32)/p+2. The molecule has 1 saturated heterocycles. The summed E-state index contributed by atoms with van der Waals surface area (Å²) in [5, 5.41) is 3.20. The van der Waals surface area contributed by atoms with Gasteiger partial charge in [0, 0.05) is 16.8 Å². The Morgan fingerprint density at radius 2 is 1.50 bits per heavy atom. The van der Waals surface area contributed by atoms with Crippen molar-refractivity contribution in [2.45, 2.75) is 26.3 Å². The molecule has 0 saturated carbocycles. The van der Waals surface area contributed by atoms with Crippen LogP contribution in [-0.2, 0) is 11.2 Å². The number of carbonyl (C=O) groups is 1. The van der Waals surface area contributed by atoms with E-state index in [2.05, 4.69) is 85.9 Å². The van der Waals surface area contributed by atoms with Gasteiger partial charge >= 0.3 is 0 Å². The molecule has 3 aromatic carbocycles. The van der Waals surface area contributed by atoms with Crippen molar-refractivity contribution in [2.24, 2.45) is 0 Å². The molecule has 1 heterocycles. The molecule has 4 nitrogen and oxygen atoms in total. The Morgan fingerprint density at radius 3 is 2.12 bits per heavy atom. The summed E-state index contributed by atoms with van der Waals surface area (Å²) in [4.78, 5) is 15.8. The molecule has 1 aliphatic heterocycles. The Labute approximate surface area is 190 Å². The zero-order valence-corrected chi connectivity index (χ0v) is 19.1. The van der Waals surface area contributed by atoms with Gasteiger partial charge in [-0.3, -0.25) is 4.79 Å². The van der Waals surface area contributed by atoms with Gasteiger partial charge in [0.2, 0.25) is 0 Å². The van der Waals surface area contributed by atoms with Gasteiger partial charge in [0.15, 0.2) is 6.54 Å². The van der Waals surface area contributed by atoms with Crippen LogP contribution < -0.4 is 15.1 Å². The second kappa shape index (κ2) is 8.89. The third kappa shape index (κ3) is 3.85. The molecular formula is C28H33N3O+2. The minimum Gasteiger partial charge on any atom is -0.321 e. The minimum atomic E-state index is 0.129. The van der Waals surface area contributed by atoms with E-state index >= 15 is 0 Å². The van der Waals surface area contributed by atoms with Crippen molar-refractivity contribution in [2.75, 3.05) is 38.0 Å². The van der Waals surface area contributed by atoms with Crippen LogP contribution in [-0.4, -0.2) is 38.6 Å². The normalized spacial score (nSPS) is 19.9. The number of hydrogen-bond donors (Lipinski definition) is 3. The molecule has 0 bridgehead atoms. The number of carbonyl (C=O) groups excluding carboxylic acids is 1. The van der Waals surface area contributed by atoms with Gasteiger partial charge in [0.05, 0.1) is 0 Å². The van der Waals surface area contributed by atoms with E-state index in [1.807, 2.05) is 0 Å². The Hall–Kier alpha value is -2.95. The van der Waals surface area contributed by atoms with E-state index in [9.17, 15) is 4.79 Å². The Bertz CT molecular complexity index is 1090. The smallest absolute Gasteiger partial charge is 0.279 e. The Morgan fingerprint density at radius 1 is 0.875 bits per heavy atom. The molecule has 1 fully saturated rings. The third-order valence-corrected chi connectivity index (χ3v) is 7.26. The lowest BCUT2D eigenvalue weighted by Gasteiger charge is -2.33. The fourth-order valence-corrected chi connectivity index (χ4v) is 5.60. The lowest BCUT2D eigenvalue weighted by atomic mass is 10.0. The van der Waals surface area contributed by atoms with Gasteiger partial charge in [-0.2, -0.15) is 0 Å². The number of para-hydroxylation sites is 1. The molecule has 0 atom stereocenters. The van der Waals surface area contributed by atoms with Gasteiger partial charge in [-0.1, -0.05) is 73.7 Å². The van der Waals surface area contributed by atoms with Gasteiger partial charge in [0.1, 0.15) is 32.2 Å². The first-order valence-corrected chi connectivity index (χ1v) is 11.9. The van der Waals surface area contributed by atoms with E-state index in [4.69, 9.17) is 0 Å². The van der Waals surface area contributed by atoms with Crippen LogP contribution in [0.25, 0.3) is 11.1 Å². The fourth-order valence-electron chi connectivity index (χ4n) is 5.60. The molecule has 1 aliphatic carbocycles. The number of hydrogen-bond acceptors (Lipinski definition) is 1. The number of benzene rings is 3. The lowest BCUT2D eigenvalue weighted by molar-refractivity contribution is -1.02. The second-order valence-corrected chi connectivity index (χ2v) is 9.20. The predicted molar refractivity (Wildman–Crippen MR) is 129 cm³/mol. The molecule has 5 rings (SSSR count). The fraction of sp³-hybridized carbons (Fsp3) is 0.321. The third-order valence-electron chi connectivity index (χ3n) is 7.26. The maximum Gasteiger partial charge on any atom is 0.279 e. The van der Waals surface area contributed by atoms with E-state index < -0.39 is 0 Å². The number of piperazine rings is 1. The van der Waals surface area contributed by atoms with Gasteiger partial charge in [-0.25, -0.2) is 0 Å². The predicted octanol–water partition coefficient (Wildman–Crippen LogP) is 2.05. The second-order valence-electron chi connectivity index (χ2n) is 9.20. The first-order chi connectivity index (χ1) is 15.7. The average molecular weight is 428 g/mol. The van der Waals surface area contributed by atoms with Crippen molar-refractivity contribution in [1.82, 2.24) is 0 Å². The van der Waals surface area contributed by atoms with Crippen LogP contribution in [0.2, 0.25) is 0 Å². The van der Waals surface area contributed by atoms with Crippen LogP contribution in [0.3, 0.4) is 0 Å². The molecule has 0 unspecified atom stereocenters. The van der Waals surface area contributed by atoms with Crippen LogP contribution in [0.15, 0.2) is 66.7 Å². The molecule has 2 aliphatic rings. The van der Waals surface area contributed by atoms with E-state index in [-0.39, 0.29) is 5.91 Å². The van der Waals surface area contributed by atoms with Crippen molar-refractivity contribution < 1.29 is 14.6 Å². The molecule has 3 N–H and O–H groups in total. The molecule has 4 heteroatoms. The highest BCUT2D eigenvalue weighted by molar-refractivity contribution is 5.93. The first-order valence-electron chi connectivity index (χ1n) is 11.9. The van der Waals surface area contributed by atoms with Crippen molar-refractivity contribution >= 4 is 11.6 Å². The van der Waals surface area contributed by atoms with Crippen LogP contribution >= 0.6 is 0 Å². The number of aryl methyl sites for hydroxylation is 2. The van der Waals surface area contributed by atoms with E-state index in [0.717, 1.165) is 43.9 Å². The number of amides is 1. The molecule has 0 spiro atoms. The van der Waals surface area contributed by atoms with Crippen molar-refractivity contribution in [3.63, 3.8) is 0 Å². The Balaban J connectivity index is 1.24. The highest BCUT2D eigenvalue weighted by Crippen LogP contribution is 2.41. The maximum atomic E-state index is 12.8. The SMILES string of the molecule is CCc1cccc(C)c1NC(=O)C[NH+]1CC[NH+](C2c3ccccc3-c3ccccc32)CC1. The minimum absolute atomic E-state index is 0.129. The Kier molecular flexibility index (Phi) is 5.81. The summed E-state index contributed by atoms with van der Waals surface area (Å²) in [6, 6.07) is 24.4. The maximum absolute atomic E-state index is 12.8. The van der Waals surface area contributed by atoms with Gasteiger partial charge in [-0.05, 0) is 35.6 Å². The number of fused-ring (bicyclic) bond motifs is 3. The summed E-state index contributed by atoms with van der Waals surface area (Å²) >= 11 is 0. The molecule has 164 valence electrons. The van der Waals surface area contributed by atoms with Crippen LogP contribution in [0.1, 0.15) is 35.2 Å². The largest absolute Gasteiger partial charge is 0.321 e. The highest BCUT2D eigenvalue weighted by Gasteiger charge is 2.38. The number of nitrogens with one attached hydrogen (secondary N) is 3. The summed E-state index contributed by atoms with van der Waals surface area (Å²) in [5.74, 6) is 0.129. The quantitative estimate of drug-likeness (QED) is 0.573. The lowest BCUT2D eigenvalue weighted by Crippen LogP contribution is -3.28. The molecule has 0 radical (unpaired) electrons. The zero-order chi connectivity index (χ0) is 22.1. The number of rotatable bonds is 5. The van der Waals surface area contributed by atoms with Crippen molar-refractivity contribution in [1.29, 1.82) is 0 Å². The molecule has 0 aromatic heterocycles. The van der Waals surface area contributed by atoms with E-state index in [1.54, 1.807) is 4.90 Å². The highest BCUT2D eigenvalue weighted by atomic mass is 16.2. The molecule has 3 aromatic rings. The van der Waals surface area contributed by atoms with Gasteiger partial charge in [0.25, 0.3) is 5.91 Å². The topological polar surface area (TPSA) is 38.0 Å². The monoisotopic (exact) mass is 427 g/mol. The number of quaternary nitrogens is 2. The van der Waals surface area contributed by atoms with Crippen LogP contribution in [0.4, 0.5) is 5.69 Å². The van der Waals surface area contributed by atoms with Gasteiger partial charge < -0.3 is 15.1 Å². The molecule has 1 amide bonds. The van der Waals surface area contributed by atoms with E-state index in [0.29, 0.717) is 12.6 Å². The van der Waals surface area contributed by atoms with Crippen LogP contribution in [0, 0.1) is 6.92 Å². The summed E-state index contributed by atoms with van der Waals surface area (Å²) in [6.07, 6.45) is 0.927. The average Bonchev–Trinajstić information content (AvgIpc) is 3.15. The summed E-state index contributed by atoms with van der Waals surface area (Å²) in [6.45, 7) is 8.97. The van der Waals surface area contributed by atoms with E-state index in [1.165, 1.54) is 32.7 Å². The van der Waals surface area contributed by atoms with Crippen molar-refractivity contribution in [3.8, 4) is 11.1 Å². The summed E-state index contributed by atoms with van der Waals surface area (Å²) in [7, 11) is 0. The molecule has 32 heavy (non-hydrogen) atoms. The summed E-state index contributed by atoms with van der Waals surface area (Å²) in [5.41, 5.74) is 9.04.